The van der Waals surface area contributed by atoms with E-state index in [1.807, 2.05) is 0 Å². The molecule has 1 unspecified atom stereocenters. The lowest BCUT2D eigenvalue weighted by Crippen LogP contribution is -2.11. The van der Waals surface area contributed by atoms with Crippen molar-refractivity contribution in [3.63, 3.8) is 0 Å². The van der Waals surface area contributed by atoms with Crippen LogP contribution in [0.2, 0.25) is 0 Å². The average Bonchev–Trinajstić information content (AvgIpc) is 2.51. The second-order valence-corrected chi connectivity index (χ2v) is 3.97. The van der Waals surface area contributed by atoms with Gasteiger partial charge in [-0.3, -0.25) is 0 Å². The van der Waals surface area contributed by atoms with Crippen LogP contribution in [0.25, 0.3) is 0 Å². The molecule has 0 aromatic carbocycles. The summed E-state index contributed by atoms with van der Waals surface area (Å²) in [6, 6.07) is 0.0751. The fraction of sp³-hybridized carbons (Fsp3) is 0.750. The molecule has 0 fully saturated rings. The van der Waals surface area contributed by atoms with Gasteiger partial charge in [0.05, 0.1) is 23.6 Å². The Hall–Kier alpha value is -0.480. The standard InChI is InChI=1S/C8H15N3S/c1-6(2)3-4-7(9)8-5-10-12-11-8/h5-7H,3-4,9H2,1-2H3. The minimum absolute atomic E-state index is 0.0751. The summed E-state index contributed by atoms with van der Waals surface area (Å²) in [5, 5.41) is 0. The van der Waals surface area contributed by atoms with Crippen molar-refractivity contribution in [3.05, 3.63) is 11.9 Å². The lowest BCUT2D eigenvalue weighted by atomic mass is 10.0. The third-order valence-corrected chi connectivity index (χ3v) is 2.31. The van der Waals surface area contributed by atoms with Gasteiger partial charge in [-0.05, 0) is 18.8 Å². The zero-order valence-electron chi connectivity index (χ0n) is 7.53. The first-order valence-corrected chi connectivity index (χ1v) is 4.96. The molecule has 0 radical (unpaired) electrons. The molecule has 0 amide bonds. The molecule has 0 spiro atoms. The molecule has 2 N–H and O–H groups in total. The van der Waals surface area contributed by atoms with Gasteiger partial charge in [-0.15, -0.1) is 0 Å². The molecule has 1 rings (SSSR count). The van der Waals surface area contributed by atoms with E-state index in [0.29, 0.717) is 5.92 Å². The fourth-order valence-electron chi connectivity index (χ4n) is 0.996. The Labute approximate surface area is 77.3 Å². The third kappa shape index (κ3) is 2.87. The van der Waals surface area contributed by atoms with Gasteiger partial charge in [0.2, 0.25) is 0 Å². The van der Waals surface area contributed by atoms with Gasteiger partial charge in [0, 0.05) is 6.04 Å². The van der Waals surface area contributed by atoms with Crippen LogP contribution in [0.4, 0.5) is 0 Å². The quantitative estimate of drug-likeness (QED) is 0.780. The molecule has 12 heavy (non-hydrogen) atoms. The monoisotopic (exact) mass is 185 g/mol. The van der Waals surface area contributed by atoms with Crippen LogP contribution in [0.5, 0.6) is 0 Å². The normalized spacial score (nSPS) is 13.7. The van der Waals surface area contributed by atoms with Crippen molar-refractivity contribution in [2.24, 2.45) is 11.7 Å². The highest BCUT2D eigenvalue weighted by Crippen LogP contribution is 2.16. The molecular formula is C8H15N3S. The molecular weight excluding hydrogens is 170 g/mol. The summed E-state index contributed by atoms with van der Waals surface area (Å²) in [6.07, 6.45) is 3.91. The summed E-state index contributed by atoms with van der Waals surface area (Å²) in [6.45, 7) is 4.40. The summed E-state index contributed by atoms with van der Waals surface area (Å²) >= 11 is 1.22. The molecule has 0 bridgehead atoms. The Bertz CT molecular complexity index is 208. The van der Waals surface area contributed by atoms with Crippen LogP contribution in [0.1, 0.15) is 38.4 Å². The molecule has 0 saturated carbocycles. The maximum Gasteiger partial charge on any atom is 0.0910 e. The molecule has 1 aromatic rings. The molecule has 1 heterocycles. The zero-order chi connectivity index (χ0) is 8.97. The van der Waals surface area contributed by atoms with E-state index in [-0.39, 0.29) is 6.04 Å². The van der Waals surface area contributed by atoms with Gasteiger partial charge in [-0.1, -0.05) is 13.8 Å². The highest BCUT2D eigenvalue weighted by Gasteiger charge is 2.08. The van der Waals surface area contributed by atoms with Crippen LogP contribution in [-0.2, 0) is 0 Å². The van der Waals surface area contributed by atoms with Gasteiger partial charge in [0.15, 0.2) is 0 Å². The van der Waals surface area contributed by atoms with Gasteiger partial charge in [-0.25, -0.2) is 0 Å². The van der Waals surface area contributed by atoms with E-state index in [1.165, 1.54) is 11.7 Å². The van der Waals surface area contributed by atoms with E-state index in [4.69, 9.17) is 5.73 Å². The summed E-state index contributed by atoms with van der Waals surface area (Å²) in [4.78, 5) is 0. The summed E-state index contributed by atoms with van der Waals surface area (Å²) in [5.74, 6) is 0.711. The Morgan fingerprint density at radius 3 is 2.75 bits per heavy atom. The predicted molar refractivity (Wildman–Crippen MR) is 50.9 cm³/mol. The van der Waals surface area contributed by atoms with Crippen molar-refractivity contribution in [1.82, 2.24) is 8.75 Å². The maximum absolute atomic E-state index is 5.89. The SMILES string of the molecule is CC(C)CCC(N)c1cnsn1. The van der Waals surface area contributed by atoms with Crippen LogP contribution < -0.4 is 5.73 Å². The second-order valence-electron chi connectivity index (χ2n) is 3.41. The highest BCUT2D eigenvalue weighted by molar-refractivity contribution is 6.99. The van der Waals surface area contributed by atoms with Crippen LogP contribution in [-0.4, -0.2) is 8.75 Å². The number of nitrogens with zero attached hydrogens (tertiary/aromatic N) is 2. The fourth-order valence-corrected chi connectivity index (χ4v) is 1.48. The minimum Gasteiger partial charge on any atom is -0.323 e. The molecule has 4 heteroatoms. The number of hydrogen-bond donors (Lipinski definition) is 1. The van der Waals surface area contributed by atoms with E-state index in [9.17, 15) is 0 Å². The number of aromatic nitrogens is 2. The van der Waals surface area contributed by atoms with Gasteiger partial charge in [0.25, 0.3) is 0 Å². The van der Waals surface area contributed by atoms with Crippen LogP contribution in [0.3, 0.4) is 0 Å². The minimum atomic E-state index is 0.0751. The molecule has 68 valence electrons. The summed E-state index contributed by atoms with van der Waals surface area (Å²) < 4.78 is 8.02. The van der Waals surface area contributed by atoms with Crippen molar-refractivity contribution in [2.45, 2.75) is 32.7 Å². The van der Waals surface area contributed by atoms with Gasteiger partial charge >= 0.3 is 0 Å². The Morgan fingerprint density at radius 2 is 2.25 bits per heavy atom. The van der Waals surface area contributed by atoms with Crippen LogP contribution in [0, 0.1) is 5.92 Å². The maximum atomic E-state index is 5.89. The highest BCUT2D eigenvalue weighted by atomic mass is 32.1. The lowest BCUT2D eigenvalue weighted by molar-refractivity contribution is 0.503. The zero-order valence-corrected chi connectivity index (χ0v) is 8.34. The van der Waals surface area contributed by atoms with E-state index in [2.05, 4.69) is 22.6 Å². The van der Waals surface area contributed by atoms with E-state index in [0.717, 1.165) is 18.5 Å². The number of hydrogen-bond acceptors (Lipinski definition) is 4. The number of nitrogens with two attached hydrogens (primary N) is 1. The molecule has 0 aliphatic carbocycles. The average molecular weight is 185 g/mol. The van der Waals surface area contributed by atoms with E-state index >= 15 is 0 Å². The lowest BCUT2D eigenvalue weighted by Gasteiger charge is -2.09. The van der Waals surface area contributed by atoms with Gasteiger partial charge < -0.3 is 5.73 Å². The first kappa shape index (κ1) is 9.61. The van der Waals surface area contributed by atoms with Gasteiger partial charge in [-0.2, -0.15) is 8.75 Å². The third-order valence-electron chi connectivity index (χ3n) is 1.81. The van der Waals surface area contributed by atoms with Crippen molar-refractivity contribution >= 4 is 11.7 Å². The van der Waals surface area contributed by atoms with E-state index < -0.39 is 0 Å². The van der Waals surface area contributed by atoms with Crippen molar-refractivity contribution in [2.75, 3.05) is 0 Å². The Balaban J connectivity index is 2.34. The second kappa shape index (κ2) is 4.52. The van der Waals surface area contributed by atoms with E-state index in [1.54, 1.807) is 6.20 Å². The largest absolute Gasteiger partial charge is 0.323 e. The molecule has 0 saturated heterocycles. The smallest absolute Gasteiger partial charge is 0.0910 e. The first-order valence-electron chi connectivity index (χ1n) is 4.23. The Morgan fingerprint density at radius 1 is 1.50 bits per heavy atom. The molecule has 0 aliphatic rings. The summed E-state index contributed by atoms with van der Waals surface area (Å²) in [7, 11) is 0. The summed E-state index contributed by atoms with van der Waals surface area (Å²) in [5.41, 5.74) is 6.82. The molecule has 0 aliphatic heterocycles. The molecule has 3 nitrogen and oxygen atoms in total. The van der Waals surface area contributed by atoms with Crippen molar-refractivity contribution in [3.8, 4) is 0 Å². The molecule has 1 aromatic heterocycles. The van der Waals surface area contributed by atoms with Crippen molar-refractivity contribution < 1.29 is 0 Å². The van der Waals surface area contributed by atoms with Crippen LogP contribution >= 0.6 is 11.7 Å². The Kier molecular flexibility index (Phi) is 3.62. The van der Waals surface area contributed by atoms with Gasteiger partial charge in [0.1, 0.15) is 0 Å². The number of rotatable bonds is 4. The van der Waals surface area contributed by atoms with Crippen LogP contribution in [0.15, 0.2) is 6.20 Å². The molecule has 1 atom stereocenters. The first-order chi connectivity index (χ1) is 5.70. The topological polar surface area (TPSA) is 51.8 Å². The predicted octanol–water partition coefficient (Wildman–Crippen LogP) is 1.97. The van der Waals surface area contributed by atoms with Crippen molar-refractivity contribution in [1.29, 1.82) is 0 Å².